The number of anilines is 1. The summed E-state index contributed by atoms with van der Waals surface area (Å²) in [6, 6.07) is 0. The maximum Gasteiger partial charge on any atom is 0.226 e. The van der Waals surface area contributed by atoms with Gasteiger partial charge < -0.3 is 10.5 Å². The van der Waals surface area contributed by atoms with Gasteiger partial charge in [-0.15, -0.1) is 0 Å². The van der Waals surface area contributed by atoms with Crippen molar-refractivity contribution in [2.24, 2.45) is 0 Å². The molecular formula is C8H7BrN4O. The van der Waals surface area contributed by atoms with E-state index >= 15 is 0 Å². The number of nitrogen functional groups attached to an aromatic ring is 1. The average Bonchev–Trinajstić information content (AvgIpc) is 2.20. The Balaban J connectivity index is 2.92. The van der Waals surface area contributed by atoms with Crippen LogP contribution < -0.4 is 10.5 Å². The van der Waals surface area contributed by atoms with Crippen LogP contribution in [0.1, 0.15) is 0 Å². The molecule has 0 aliphatic carbocycles. The second kappa shape index (κ2) is 3.38. The SMILES string of the molecule is COc1ncc(Br)c2ncnc(N)c12. The summed E-state index contributed by atoms with van der Waals surface area (Å²) in [6.45, 7) is 0. The summed E-state index contributed by atoms with van der Waals surface area (Å²) in [5.74, 6) is 0.793. The average molecular weight is 255 g/mol. The number of pyridine rings is 1. The Labute approximate surface area is 88.5 Å². The van der Waals surface area contributed by atoms with E-state index in [2.05, 4.69) is 30.9 Å². The van der Waals surface area contributed by atoms with Gasteiger partial charge in [-0.25, -0.2) is 15.0 Å². The predicted octanol–water partition coefficient (Wildman–Crippen LogP) is 1.38. The standard InChI is InChI=1S/C8H7BrN4O/c1-14-8-5-6(4(9)2-11-8)12-3-13-7(5)10/h2-3H,1H3,(H2,10,12,13). The minimum absolute atomic E-state index is 0.362. The van der Waals surface area contributed by atoms with Crippen molar-refractivity contribution >= 4 is 32.7 Å². The Kier molecular flexibility index (Phi) is 2.20. The molecule has 0 fully saturated rings. The van der Waals surface area contributed by atoms with Crippen molar-refractivity contribution in [3.8, 4) is 5.88 Å². The zero-order valence-corrected chi connectivity index (χ0v) is 8.95. The summed E-state index contributed by atoms with van der Waals surface area (Å²) in [7, 11) is 1.53. The van der Waals surface area contributed by atoms with Gasteiger partial charge >= 0.3 is 0 Å². The molecule has 6 heteroatoms. The molecule has 2 aromatic rings. The summed E-state index contributed by atoms with van der Waals surface area (Å²) >= 11 is 3.33. The van der Waals surface area contributed by atoms with Gasteiger partial charge in [-0.05, 0) is 15.9 Å². The predicted molar refractivity (Wildman–Crippen MR) is 56.0 cm³/mol. The van der Waals surface area contributed by atoms with Gasteiger partial charge in [0.15, 0.2) is 0 Å². The molecule has 14 heavy (non-hydrogen) atoms. The fourth-order valence-corrected chi connectivity index (χ4v) is 1.59. The maximum atomic E-state index is 5.71. The van der Waals surface area contributed by atoms with E-state index in [0.717, 1.165) is 4.47 Å². The van der Waals surface area contributed by atoms with Crippen LogP contribution in [0.15, 0.2) is 17.0 Å². The number of hydrogen-bond donors (Lipinski definition) is 1. The molecule has 0 radical (unpaired) electrons. The van der Waals surface area contributed by atoms with Crippen molar-refractivity contribution < 1.29 is 4.74 Å². The molecule has 2 aromatic heterocycles. The molecule has 0 aromatic carbocycles. The normalized spacial score (nSPS) is 10.4. The molecule has 2 rings (SSSR count). The highest BCUT2D eigenvalue weighted by molar-refractivity contribution is 9.10. The highest BCUT2D eigenvalue weighted by Gasteiger charge is 2.10. The largest absolute Gasteiger partial charge is 0.480 e. The maximum absolute atomic E-state index is 5.71. The quantitative estimate of drug-likeness (QED) is 0.833. The third-order valence-electron chi connectivity index (χ3n) is 1.81. The van der Waals surface area contributed by atoms with Gasteiger partial charge in [0.1, 0.15) is 17.5 Å². The number of methoxy groups -OCH3 is 1. The van der Waals surface area contributed by atoms with E-state index in [1.165, 1.54) is 13.4 Å². The minimum atomic E-state index is 0.362. The summed E-state index contributed by atoms with van der Waals surface area (Å²) in [6.07, 6.45) is 3.02. The fourth-order valence-electron chi connectivity index (χ4n) is 1.19. The molecule has 0 saturated heterocycles. The van der Waals surface area contributed by atoms with Crippen molar-refractivity contribution in [1.82, 2.24) is 15.0 Å². The van der Waals surface area contributed by atoms with Crippen LogP contribution in [0.25, 0.3) is 10.9 Å². The molecule has 72 valence electrons. The zero-order valence-electron chi connectivity index (χ0n) is 7.36. The number of fused-ring (bicyclic) bond motifs is 1. The van der Waals surface area contributed by atoms with Gasteiger partial charge in [-0.2, -0.15) is 0 Å². The van der Waals surface area contributed by atoms with Crippen molar-refractivity contribution in [3.05, 3.63) is 17.0 Å². The van der Waals surface area contributed by atoms with Crippen molar-refractivity contribution in [3.63, 3.8) is 0 Å². The van der Waals surface area contributed by atoms with E-state index in [0.29, 0.717) is 22.6 Å². The van der Waals surface area contributed by atoms with E-state index in [1.807, 2.05) is 0 Å². The van der Waals surface area contributed by atoms with E-state index in [-0.39, 0.29) is 0 Å². The first kappa shape index (κ1) is 9.14. The number of hydrogen-bond acceptors (Lipinski definition) is 5. The smallest absolute Gasteiger partial charge is 0.226 e. The lowest BCUT2D eigenvalue weighted by atomic mass is 10.3. The number of rotatable bonds is 1. The molecule has 2 N–H and O–H groups in total. The summed E-state index contributed by atoms with van der Waals surface area (Å²) in [5, 5.41) is 0.629. The first-order valence-corrected chi connectivity index (χ1v) is 4.62. The highest BCUT2D eigenvalue weighted by Crippen LogP contribution is 2.30. The molecule has 0 aliphatic heterocycles. The van der Waals surface area contributed by atoms with Gasteiger partial charge in [-0.1, -0.05) is 0 Å². The molecule has 0 saturated carbocycles. The summed E-state index contributed by atoms with van der Waals surface area (Å²) < 4.78 is 5.84. The number of ether oxygens (including phenoxy) is 1. The molecule has 0 atom stereocenters. The van der Waals surface area contributed by atoms with Crippen LogP contribution >= 0.6 is 15.9 Å². The fraction of sp³-hybridized carbons (Fsp3) is 0.125. The third-order valence-corrected chi connectivity index (χ3v) is 2.39. The molecule has 0 bridgehead atoms. The zero-order chi connectivity index (χ0) is 10.1. The Bertz CT molecular complexity index is 488. The van der Waals surface area contributed by atoms with E-state index in [9.17, 15) is 0 Å². The third kappa shape index (κ3) is 1.27. The lowest BCUT2D eigenvalue weighted by molar-refractivity contribution is 0.403. The number of nitrogens with two attached hydrogens (primary N) is 1. The van der Waals surface area contributed by atoms with Crippen LogP contribution in [0.5, 0.6) is 5.88 Å². The van der Waals surface area contributed by atoms with Crippen molar-refractivity contribution in [2.45, 2.75) is 0 Å². The molecule has 5 nitrogen and oxygen atoms in total. The van der Waals surface area contributed by atoms with E-state index in [1.54, 1.807) is 6.20 Å². The number of nitrogens with zero attached hydrogens (tertiary/aromatic N) is 3. The van der Waals surface area contributed by atoms with Crippen molar-refractivity contribution in [2.75, 3.05) is 12.8 Å². The topological polar surface area (TPSA) is 73.9 Å². The Morgan fingerprint density at radius 2 is 2.14 bits per heavy atom. The van der Waals surface area contributed by atoms with Crippen LogP contribution in [0, 0.1) is 0 Å². The van der Waals surface area contributed by atoms with E-state index in [4.69, 9.17) is 10.5 Å². The van der Waals surface area contributed by atoms with Crippen LogP contribution in [-0.2, 0) is 0 Å². The molecule has 0 unspecified atom stereocenters. The molecule has 2 heterocycles. The summed E-state index contributed by atoms with van der Waals surface area (Å²) in [5.41, 5.74) is 6.41. The van der Waals surface area contributed by atoms with E-state index < -0.39 is 0 Å². The van der Waals surface area contributed by atoms with Crippen LogP contribution in [0.3, 0.4) is 0 Å². The number of halogens is 1. The van der Waals surface area contributed by atoms with Gasteiger partial charge in [0, 0.05) is 6.20 Å². The first-order valence-electron chi connectivity index (χ1n) is 3.82. The lowest BCUT2D eigenvalue weighted by Gasteiger charge is -2.05. The van der Waals surface area contributed by atoms with Gasteiger partial charge in [0.2, 0.25) is 5.88 Å². The number of aromatic nitrogens is 3. The first-order chi connectivity index (χ1) is 6.74. The Morgan fingerprint density at radius 3 is 2.86 bits per heavy atom. The highest BCUT2D eigenvalue weighted by atomic mass is 79.9. The monoisotopic (exact) mass is 254 g/mol. The second-order valence-corrected chi connectivity index (χ2v) is 3.45. The minimum Gasteiger partial charge on any atom is -0.480 e. The Hall–Kier alpha value is -1.43. The van der Waals surface area contributed by atoms with Crippen LogP contribution in [-0.4, -0.2) is 22.1 Å². The molecule has 0 spiro atoms. The molecule has 0 aliphatic rings. The van der Waals surface area contributed by atoms with Crippen LogP contribution in [0.4, 0.5) is 5.82 Å². The van der Waals surface area contributed by atoms with Gasteiger partial charge in [-0.3, -0.25) is 0 Å². The second-order valence-electron chi connectivity index (χ2n) is 2.60. The van der Waals surface area contributed by atoms with Gasteiger partial charge in [0.05, 0.1) is 17.1 Å². The molecular weight excluding hydrogens is 248 g/mol. The summed E-state index contributed by atoms with van der Waals surface area (Å²) in [4.78, 5) is 12.0. The van der Waals surface area contributed by atoms with Crippen molar-refractivity contribution in [1.29, 1.82) is 0 Å². The van der Waals surface area contributed by atoms with Gasteiger partial charge in [0.25, 0.3) is 0 Å². The van der Waals surface area contributed by atoms with Crippen LogP contribution in [0.2, 0.25) is 0 Å². The Morgan fingerprint density at radius 1 is 1.36 bits per heavy atom. The molecule has 0 amide bonds. The lowest BCUT2D eigenvalue weighted by Crippen LogP contribution is -1.98.